The van der Waals surface area contributed by atoms with E-state index in [0.717, 1.165) is 25.2 Å². The number of nitrogens with zero attached hydrogens (tertiary/aromatic N) is 6. The maximum Gasteiger partial charge on any atom is 0.471 e. The van der Waals surface area contributed by atoms with E-state index in [-0.39, 0.29) is 22.9 Å². The van der Waals surface area contributed by atoms with Gasteiger partial charge in [-0.2, -0.15) is 18.2 Å². The van der Waals surface area contributed by atoms with Crippen molar-refractivity contribution in [2.45, 2.75) is 38.0 Å². The van der Waals surface area contributed by atoms with E-state index in [2.05, 4.69) is 24.9 Å². The predicted molar refractivity (Wildman–Crippen MR) is 81.0 cm³/mol. The third-order valence-electron chi connectivity index (χ3n) is 4.30. The number of aryl methyl sites for hydroxylation is 1. The van der Waals surface area contributed by atoms with Crippen molar-refractivity contribution in [1.29, 1.82) is 0 Å². The molecule has 1 atom stereocenters. The van der Waals surface area contributed by atoms with E-state index in [1.54, 1.807) is 6.33 Å². The normalized spacial score (nSPS) is 17.3. The van der Waals surface area contributed by atoms with Crippen LogP contribution >= 0.6 is 0 Å². The Kier molecular flexibility index (Phi) is 3.85. The first kappa shape index (κ1) is 16.5. The molecule has 1 unspecified atom stereocenters. The number of halogens is 3. The van der Waals surface area contributed by atoms with Crippen molar-refractivity contribution in [1.82, 2.24) is 29.5 Å². The average molecular weight is 366 g/mol. The van der Waals surface area contributed by atoms with E-state index in [0.29, 0.717) is 6.54 Å². The van der Waals surface area contributed by atoms with Gasteiger partial charge in [0, 0.05) is 36.8 Å². The maximum absolute atomic E-state index is 12.5. The van der Waals surface area contributed by atoms with Gasteiger partial charge in [0.05, 0.1) is 0 Å². The van der Waals surface area contributed by atoms with Crippen molar-refractivity contribution in [3.05, 3.63) is 46.7 Å². The van der Waals surface area contributed by atoms with E-state index in [1.165, 1.54) is 22.9 Å². The Labute approximate surface area is 144 Å². The van der Waals surface area contributed by atoms with Gasteiger partial charge in [0.25, 0.3) is 5.56 Å². The van der Waals surface area contributed by atoms with Crippen LogP contribution in [0.3, 0.4) is 0 Å². The molecule has 0 radical (unpaired) electrons. The molecule has 0 N–H and O–H groups in total. The summed E-state index contributed by atoms with van der Waals surface area (Å²) >= 11 is 0. The van der Waals surface area contributed by atoms with Gasteiger partial charge in [-0.3, -0.25) is 4.79 Å². The van der Waals surface area contributed by atoms with Gasteiger partial charge in [0.1, 0.15) is 12.2 Å². The molecule has 4 heterocycles. The monoisotopic (exact) mass is 366 g/mol. The summed E-state index contributed by atoms with van der Waals surface area (Å²) in [5.74, 6) is -0.839. The number of fused-ring (bicyclic) bond motifs is 1. The third kappa shape index (κ3) is 3.00. The molecule has 3 aromatic rings. The molecule has 0 saturated carbocycles. The van der Waals surface area contributed by atoms with Gasteiger partial charge in [-0.25, -0.2) is 0 Å². The van der Waals surface area contributed by atoms with Gasteiger partial charge >= 0.3 is 12.1 Å². The van der Waals surface area contributed by atoms with Crippen LogP contribution in [0, 0.1) is 0 Å². The summed E-state index contributed by atoms with van der Waals surface area (Å²) in [6.45, 7) is 1.27. The SMILES string of the molecule is O=c1cc(-c2noc(C(F)(F)F)n2)ccn1CC1CCCn2cnnc21. The van der Waals surface area contributed by atoms with Crippen LogP contribution in [0.4, 0.5) is 13.2 Å². The molecule has 0 bridgehead atoms. The smallest absolute Gasteiger partial charge is 0.329 e. The van der Waals surface area contributed by atoms with E-state index in [1.807, 2.05) is 4.57 Å². The summed E-state index contributed by atoms with van der Waals surface area (Å²) < 4.78 is 45.3. The van der Waals surface area contributed by atoms with Gasteiger partial charge < -0.3 is 13.7 Å². The summed E-state index contributed by atoms with van der Waals surface area (Å²) in [5.41, 5.74) is -0.199. The van der Waals surface area contributed by atoms with Gasteiger partial charge in [-0.05, 0) is 18.9 Å². The number of aromatic nitrogens is 6. The van der Waals surface area contributed by atoms with E-state index < -0.39 is 12.1 Å². The second kappa shape index (κ2) is 6.07. The molecule has 0 amide bonds. The Hall–Kier alpha value is -2.98. The molecule has 11 heteroatoms. The largest absolute Gasteiger partial charge is 0.471 e. The zero-order valence-corrected chi connectivity index (χ0v) is 13.3. The molecule has 0 aliphatic carbocycles. The minimum absolute atomic E-state index is 0.0526. The van der Waals surface area contributed by atoms with Crippen LogP contribution in [0.1, 0.15) is 30.5 Å². The van der Waals surface area contributed by atoms with Gasteiger partial charge in [-0.1, -0.05) is 5.16 Å². The lowest BCUT2D eigenvalue weighted by Gasteiger charge is -2.23. The summed E-state index contributed by atoms with van der Waals surface area (Å²) in [6, 6.07) is 2.68. The van der Waals surface area contributed by atoms with Crippen LogP contribution in [0.25, 0.3) is 11.4 Å². The molecule has 1 aliphatic rings. The fraction of sp³-hybridized carbons (Fsp3) is 0.400. The fourth-order valence-electron chi connectivity index (χ4n) is 3.05. The second-order valence-corrected chi connectivity index (χ2v) is 6.05. The number of rotatable bonds is 3. The second-order valence-electron chi connectivity index (χ2n) is 6.05. The summed E-state index contributed by atoms with van der Waals surface area (Å²) in [7, 11) is 0. The minimum atomic E-state index is -4.73. The molecule has 4 rings (SSSR count). The lowest BCUT2D eigenvalue weighted by Crippen LogP contribution is -2.26. The van der Waals surface area contributed by atoms with Crippen LogP contribution in [-0.2, 0) is 19.3 Å². The standard InChI is InChI=1S/C15H13F3N6O2/c16-15(17,18)14-20-12(22-26-14)9-3-5-23(11(25)6-9)7-10-2-1-4-24-8-19-21-13(10)24/h3,5-6,8,10H,1-2,4,7H2. The minimum Gasteiger partial charge on any atom is -0.329 e. The van der Waals surface area contributed by atoms with Crippen LogP contribution in [0.5, 0.6) is 0 Å². The Balaban J connectivity index is 1.58. The van der Waals surface area contributed by atoms with Crippen LogP contribution in [0.15, 0.2) is 34.0 Å². The molecule has 136 valence electrons. The van der Waals surface area contributed by atoms with Gasteiger partial charge in [0.15, 0.2) is 0 Å². The Morgan fingerprint density at radius 1 is 1.35 bits per heavy atom. The molecule has 0 saturated heterocycles. The third-order valence-corrected chi connectivity index (χ3v) is 4.30. The highest BCUT2D eigenvalue weighted by Crippen LogP contribution is 2.29. The van der Waals surface area contributed by atoms with E-state index >= 15 is 0 Å². The molecule has 1 aliphatic heterocycles. The zero-order chi connectivity index (χ0) is 18.3. The molecule has 0 fully saturated rings. The summed E-state index contributed by atoms with van der Waals surface area (Å²) in [4.78, 5) is 15.6. The van der Waals surface area contributed by atoms with Crippen molar-refractivity contribution < 1.29 is 17.7 Å². The van der Waals surface area contributed by atoms with E-state index in [9.17, 15) is 18.0 Å². The molecule has 3 aromatic heterocycles. The molecular formula is C15H13F3N6O2. The van der Waals surface area contributed by atoms with Crippen molar-refractivity contribution in [2.75, 3.05) is 0 Å². The van der Waals surface area contributed by atoms with Crippen molar-refractivity contribution in [3.8, 4) is 11.4 Å². The van der Waals surface area contributed by atoms with Crippen molar-refractivity contribution in [3.63, 3.8) is 0 Å². The van der Waals surface area contributed by atoms with Crippen LogP contribution < -0.4 is 5.56 Å². The zero-order valence-electron chi connectivity index (χ0n) is 13.3. The van der Waals surface area contributed by atoms with Gasteiger partial charge in [0.2, 0.25) is 5.82 Å². The van der Waals surface area contributed by atoms with Crippen molar-refractivity contribution in [2.24, 2.45) is 0 Å². The molecular weight excluding hydrogens is 353 g/mol. The fourth-order valence-corrected chi connectivity index (χ4v) is 3.05. The quantitative estimate of drug-likeness (QED) is 0.705. The maximum atomic E-state index is 12.5. The highest BCUT2D eigenvalue weighted by Gasteiger charge is 2.38. The van der Waals surface area contributed by atoms with Gasteiger partial charge in [-0.15, -0.1) is 10.2 Å². The number of hydrogen-bond acceptors (Lipinski definition) is 6. The molecule has 8 nitrogen and oxygen atoms in total. The van der Waals surface area contributed by atoms with Crippen LogP contribution in [-0.4, -0.2) is 29.5 Å². The topological polar surface area (TPSA) is 91.6 Å². The molecule has 26 heavy (non-hydrogen) atoms. The Morgan fingerprint density at radius 3 is 2.92 bits per heavy atom. The highest BCUT2D eigenvalue weighted by atomic mass is 19.4. The number of alkyl halides is 3. The average Bonchev–Trinajstić information content (AvgIpc) is 3.25. The molecule has 0 aromatic carbocycles. The molecule has 0 spiro atoms. The summed E-state index contributed by atoms with van der Waals surface area (Å²) in [5, 5.41) is 11.3. The van der Waals surface area contributed by atoms with Crippen LogP contribution in [0.2, 0.25) is 0 Å². The summed E-state index contributed by atoms with van der Waals surface area (Å²) in [6.07, 6.45) is 0.300. The number of pyridine rings is 1. The van der Waals surface area contributed by atoms with Crippen molar-refractivity contribution >= 4 is 0 Å². The first-order chi connectivity index (χ1) is 12.4. The lowest BCUT2D eigenvalue weighted by atomic mass is 9.99. The Morgan fingerprint density at radius 2 is 2.19 bits per heavy atom. The first-order valence-electron chi connectivity index (χ1n) is 7.91. The lowest BCUT2D eigenvalue weighted by molar-refractivity contribution is -0.159. The number of hydrogen-bond donors (Lipinski definition) is 0. The van der Waals surface area contributed by atoms with E-state index in [4.69, 9.17) is 0 Å². The predicted octanol–water partition coefficient (Wildman–Crippen LogP) is 2.09. The highest BCUT2D eigenvalue weighted by molar-refractivity contribution is 5.52. The Bertz CT molecular complexity index is 990. The first-order valence-corrected chi connectivity index (χ1v) is 7.91.